The average molecular weight is 417 g/mol. The molecule has 1 fully saturated rings. The van der Waals surface area contributed by atoms with Gasteiger partial charge in [-0.1, -0.05) is 25.1 Å². The van der Waals surface area contributed by atoms with Gasteiger partial charge in [0.25, 0.3) is 0 Å². The predicted octanol–water partition coefficient (Wildman–Crippen LogP) is 4.04. The Morgan fingerprint density at radius 3 is 2.90 bits per heavy atom. The van der Waals surface area contributed by atoms with Gasteiger partial charge in [-0.25, -0.2) is 9.97 Å². The van der Waals surface area contributed by atoms with E-state index >= 15 is 0 Å². The zero-order valence-electron chi connectivity index (χ0n) is 17.8. The number of imidazole rings is 1. The second-order valence-electron chi connectivity index (χ2n) is 8.51. The fourth-order valence-electron chi connectivity index (χ4n) is 5.04. The summed E-state index contributed by atoms with van der Waals surface area (Å²) in [6.45, 7) is 2.93. The number of hydrogen-bond acceptors (Lipinski definition) is 4. The van der Waals surface area contributed by atoms with Gasteiger partial charge in [0.1, 0.15) is 22.9 Å². The summed E-state index contributed by atoms with van der Waals surface area (Å²) >= 11 is 0. The topological polar surface area (TPSA) is 101 Å². The molecule has 1 saturated carbocycles. The number of nitrogens with zero attached hydrogens (tertiary/aromatic N) is 3. The maximum Gasteiger partial charge on any atom is 0.207 e. The van der Waals surface area contributed by atoms with Crippen molar-refractivity contribution >= 4 is 28.6 Å². The van der Waals surface area contributed by atoms with Gasteiger partial charge < -0.3 is 16.0 Å². The predicted molar refractivity (Wildman–Crippen MR) is 123 cm³/mol. The van der Waals surface area contributed by atoms with Crippen molar-refractivity contribution in [3.05, 3.63) is 48.0 Å². The maximum absolute atomic E-state index is 10.6. The van der Waals surface area contributed by atoms with Crippen molar-refractivity contribution in [2.75, 3.05) is 12.3 Å². The smallest absolute Gasteiger partial charge is 0.207 e. The van der Waals surface area contributed by atoms with Gasteiger partial charge in [-0.05, 0) is 49.7 Å². The number of aryl methyl sites for hydroxylation is 1. The first kappa shape index (κ1) is 19.6. The van der Waals surface area contributed by atoms with Crippen LogP contribution in [0.2, 0.25) is 0 Å². The third-order valence-corrected chi connectivity index (χ3v) is 6.69. The first-order chi connectivity index (χ1) is 15.2. The second kappa shape index (κ2) is 8.06. The number of amides is 1. The Balaban J connectivity index is 1.56. The third kappa shape index (κ3) is 3.44. The van der Waals surface area contributed by atoms with Crippen molar-refractivity contribution in [2.45, 2.75) is 44.9 Å². The number of para-hydroxylation sites is 1. The lowest BCUT2D eigenvalue weighted by Gasteiger charge is -2.27. The van der Waals surface area contributed by atoms with E-state index in [1.165, 1.54) is 10.9 Å². The monoisotopic (exact) mass is 416 g/mol. The van der Waals surface area contributed by atoms with Crippen LogP contribution in [0.15, 0.2) is 36.7 Å². The second-order valence-corrected chi connectivity index (χ2v) is 8.51. The Morgan fingerprint density at radius 2 is 2.13 bits per heavy atom. The molecule has 7 nitrogen and oxygen atoms in total. The van der Waals surface area contributed by atoms with E-state index in [1.807, 2.05) is 6.20 Å². The molecule has 0 radical (unpaired) electrons. The molecule has 1 aromatic carbocycles. The highest BCUT2D eigenvalue weighted by atomic mass is 16.1. The summed E-state index contributed by atoms with van der Waals surface area (Å²) in [6.07, 6.45) is 9.76. The minimum absolute atomic E-state index is 0.367. The fraction of sp³-hybridized carbons (Fsp3) is 0.375. The fourth-order valence-corrected chi connectivity index (χ4v) is 5.04. The molecule has 31 heavy (non-hydrogen) atoms. The molecule has 4 aromatic rings. The molecule has 5 rings (SSSR count). The number of anilines is 1. The molecule has 0 bridgehead atoms. The largest absolute Gasteiger partial charge is 0.382 e. The normalized spacial score (nSPS) is 19.1. The number of aromatic nitrogens is 4. The zero-order chi connectivity index (χ0) is 21.4. The van der Waals surface area contributed by atoms with Gasteiger partial charge in [0, 0.05) is 35.8 Å². The highest BCUT2D eigenvalue weighted by Crippen LogP contribution is 2.38. The lowest BCUT2D eigenvalue weighted by atomic mass is 9.81. The van der Waals surface area contributed by atoms with Crippen LogP contribution in [0.25, 0.3) is 27.8 Å². The van der Waals surface area contributed by atoms with Crippen LogP contribution in [0.1, 0.15) is 49.9 Å². The molecule has 1 amide bonds. The molecule has 1 aliphatic rings. The number of carbonyl (C=O) groups is 1. The van der Waals surface area contributed by atoms with Crippen molar-refractivity contribution in [1.82, 2.24) is 24.7 Å². The molecular weight excluding hydrogens is 388 g/mol. The summed E-state index contributed by atoms with van der Waals surface area (Å²) in [5, 5.41) is 4.01. The summed E-state index contributed by atoms with van der Waals surface area (Å²) in [5.74, 6) is 2.45. The number of benzene rings is 1. The SMILES string of the molecule is CCc1cccc2cc(-c3nc(C4CCC(CNC=O)CC4)n4ccnc(N)c34)[nH]c12. The van der Waals surface area contributed by atoms with Crippen molar-refractivity contribution < 1.29 is 4.79 Å². The quantitative estimate of drug-likeness (QED) is 0.413. The molecule has 7 heteroatoms. The van der Waals surface area contributed by atoms with Gasteiger partial charge in [0.05, 0.1) is 5.69 Å². The Hall–Kier alpha value is -3.35. The minimum Gasteiger partial charge on any atom is -0.382 e. The van der Waals surface area contributed by atoms with Gasteiger partial charge in [0.2, 0.25) is 6.41 Å². The molecule has 3 aromatic heterocycles. The Bertz CT molecular complexity index is 1230. The van der Waals surface area contributed by atoms with E-state index in [-0.39, 0.29) is 0 Å². The molecule has 0 aliphatic heterocycles. The maximum atomic E-state index is 10.6. The Labute approximate surface area is 181 Å². The molecule has 0 spiro atoms. The summed E-state index contributed by atoms with van der Waals surface area (Å²) in [6, 6.07) is 8.55. The number of fused-ring (bicyclic) bond motifs is 2. The van der Waals surface area contributed by atoms with Crippen LogP contribution >= 0.6 is 0 Å². The lowest BCUT2D eigenvalue weighted by Crippen LogP contribution is -2.25. The van der Waals surface area contributed by atoms with E-state index in [1.54, 1.807) is 6.20 Å². The summed E-state index contributed by atoms with van der Waals surface area (Å²) < 4.78 is 2.12. The van der Waals surface area contributed by atoms with Crippen LogP contribution in [-0.2, 0) is 11.2 Å². The first-order valence-corrected chi connectivity index (χ1v) is 11.1. The zero-order valence-corrected chi connectivity index (χ0v) is 17.8. The molecular formula is C24H28N6O. The molecule has 1 aliphatic carbocycles. The van der Waals surface area contributed by atoms with Gasteiger partial charge in [-0.3, -0.25) is 9.20 Å². The van der Waals surface area contributed by atoms with Gasteiger partial charge in [-0.2, -0.15) is 0 Å². The van der Waals surface area contributed by atoms with Gasteiger partial charge in [0.15, 0.2) is 0 Å². The van der Waals surface area contributed by atoms with Crippen molar-refractivity contribution in [3.8, 4) is 11.4 Å². The number of nitrogen functional groups attached to an aromatic ring is 1. The van der Waals surface area contributed by atoms with Crippen molar-refractivity contribution in [2.24, 2.45) is 5.92 Å². The van der Waals surface area contributed by atoms with Crippen LogP contribution in [0, 0.1) is 5.92 Å². The number of hydrogen-bond donors (Lipinski definition) is 3. The van der Waals surface area contributed by atoms with Crippen LogP contribution in [0.3, 0.4) is 0 Å². The highest BCUT2D eigenvalue weighted by Gasteiger charge is 2.27. The average Bonchev–Trinajstić information content (AvgIpc) is 3.40. The minimum atomic E-state index is 0.367. The van der Waals surface area contributed by atoms with E-state index in [2.05, 4.69) is 50.9 Å². The number of nitrogens with two attached hydrogens (primary N) is 1. The summed E-state index contributed by atoms with van der Waals surface area (Å²) in [4.78, 5) is 23.7. The number of nitrogens with one attached hydrogen (secondary N) is 2. The van der Waals surface area contributed by atoms with Crippen LogP contribution in [0.5, 0.6) is 0 Å². The van der Waals surface area contributed by atoms with E-state index < -0.39 is 0 Å². The van der Waals surface area contributed by atoms with Crippen LogP contribution < -0.4 is 11.1 Å². The standard InChI is InChI=1S/C24H28N6O/c1-2-16-4-3-5-18-12-19(28-20(16)18)21-22-23(25)27-10-11-30(22)24(29-21)17-8-6-15(7-9-17)13-26-14-31/h3-5,10-12,14-15,17,28H,2,6-9,13H2,1H3,(H2,25,27)(H,26,31). The molecule has 0 unspecified atom stereocenters. The first-order valence-electron chi connectivity index (χ1n) is 11.1. The highest BCUT2D eigenvalue weighted by molar-refractivity contribution is 5.92. The molecule has 160 valence electrons. The van der Waals surface area contributed by atoms with E-state index in [0.717, 1.165) is 73.3 Å². The molecule has 0 atom stereocenters. The van der Waals surface area contributed by atoms with Crippen LogP contribution in [-0.4, -0.2) is 32.3 Å². The summed E-state index contributed by atoms with van der Waals surface area (Å²) in [5.41, 5.74) is 11.5. The van der Waals surface area contributed by atoms with Crippen molar-refractivity contribution in [1.29, 1.82) is 0 Å². The van der Waals surface area contributed by atoms with Gasteiger partial charge in [-0.15, -0.1) is 0 Å². The van der Waals surface area contributed by atoms with E-state index in [9.17, 15) is 4.79 Å². The Kier molecular flexibility index (Phi) is 5.10. The van der Waals surface area contributed by atoms with Crippen molar-refractivity contribution in [3.63, 3.8) is 0 Å². The Morgan fingerprint density at radius 1 is 1.29 bits per heavy atom. The van der Waals surface area contributed by atoms with E-state index in [0.29, 0.717) is 17.7 Å². The number of aromatic amines is 1. The lowest BCUT2D eigenvalue weighted by molar-refractivity contribution is -0.109. The number of carbonyl (C=O) groups excluding carboxylic acids is 1. The molecule has 0 saturated heterocycles. The summed E-state index contributed by atoms with van der Waals surface area (Å²) in [7, 11) is 0. The van der Waals surface area contributed by atoms with E-state index in [4.69, 9.17) is 10.7 Å². The van der Waals surface area contributed by atoms with Gasteiger partial charge >= 0.3 is 0 Å². The molecule has 3 heterocycles. The third-order valence-electron chi connectivity index (χ3n) is 6.69. The van der Waals surface area contributed by atoms with Crippen LogP contribution in [0.4, 0.5) is 5.82 Å². The number of rotatable bonds is 6. The molecule has 4 N–H and O–H groups in total. The number of H-pyrrole nitrogens is 1.